The number of amides is 1. The van der Waals surface area contributed by atoms with E-state index in [9.17, 15) is 9.59 Å². The first-order valence-electron chi connectivity index (χ1n) is 9.98. The number of nitrogens with zero attached hydrogens (tertiary/aromatic N) is 5. The Labute approximate surface area is 192 Å². The fourth-order valence-corrected chi connectivity index (χ4v) is 3.72. The van der Waals surface area contributed by atoms with Crippen LogP contribution in [0.25, 0.3) is 27.8 Å². The number of carbonyl (C=O) groups is 1. The quantitative estimate of drug-likeness (QED) is 0.431. The lowest BCUT2D eigenvalue weighted by atomic mass is 10.1. The molecule has 0 spiro atoms. The van der Waals surface area contributed by atoms with Crippen LogP contribution in [-0.2, 0) is 11.3 Å². The zero-order valence-electron chi connectivity index (χ0n) is 17.4. The lowest BCUT2D eigenvalue weighted by Crippen LogP contribution is -2.33. The number of hydrogen-bond acceptors (Lipinski definition) is 6. The zero-order chi connectivity index (χ0) is 22.9. The van der Waals surface area contributed by atoms with Crippen molar-refractivity contribution >= 4 is 34.2 Å². The second-order valence-electron chi connectivity index (χ2n) is 7.23. The van der Waals surface area contributed by atoms with Gasteiger partial charge >= 0.3 is 0 Å². The summed E-state index contributed by atoms with van der Waals surface area (Å²) in [5.74, 6) is -0.419. The SMILES string of the molecule is COCc1nn2c(nnc3c(=O)n(NC(=O)c4ccccc4)ccc32)c1-c1ccc(Cl)cc1. The summed E-state index contributed by atoms with van der Waals surface area (Å²) in [7, 11) is 1.58. The van der Waals surface area contributed by atoms with Gasteiger partial charge in [0.15, 0.2) is 11.2 Å². The highest BCUT2D eigenvalue weighted by Gasteiger charge is 2.20. The molecule has 0 aliphatic heterocycles. The van der Waals surface area contributed by atoms with Crippen molar-refractivity contribution in [2.75, 3.05) is 12.5 Å². The molecule has 1 N–H and O–H groups in total. The Balaban J connectivity index is 1.64. The van der Waals surface area contributed by atoms with Gasteiger partial charge in [-0.25, -0.2) is 9.19 Å². The summed E-state index contributed by atoms with van der Waals surface area (Å²) in [5, 5.41) is 13.7. The van der Waals surface area contributed by atoms with Crippen LogP contribution in [0, 0.1) is 0 Å². The zero-order valence-corrected chi connectivity index (χ0v) is 18.2. The third-order valence-corrected chi connectivity index (χ3v) is 5.38. The van der Waals surface area contributed by atoms with Crippen molar-refractivity contribution in [1.29, 1.82) is 0 Å². The van der Waals surface area contributed by atoms with E-state index in [2.05, 4.69) is 20.7 Å². The maximum Gasteiger partial charge on any atom is 0.299 e. The first-order valence-corrected chi connectivity index (χ1v) is 10.4. The molecule has 0 fully saturated rings. The van der Waals surface area contributed by atoms with E-state index >= 15 is 0 Å². The van der Waals surface area contributed by atoms with Crippen LogP contribution in [0.4, 0.5) is 0 Å². The molecule has 0 aliphatic carbocycles. The summed E-state index contributed by atoms with van der Waals surface area (Å²) in [6.07, 6.45) is 1.46. The van der Waals surface area contributed by atoms with Crippen molar-refractivity contribution in [3.8, 4) is 11.1 Å². The molecule has 0 unspecified atom stereocenters. The van der Waals surface area contributed by atoms with Crippen molar-refractivity contribution in [3.63, 3.8) is 0 Å². The lowest BCUT2D eigenvalue weighted by molar-refractivity contribution is 0.101. The van der Waals surface area contributed by atoms with Crippen molar-refractivity contribution in [2.24, 2.45) is 0 Å². The minimum atomic E-state index is -0.525. The van der Waals surface area contributed by atoms with Gasteiger partial charge in [0.2, 0.25) is 0 Å². The first-order chi connectivity index (χ1) is 16.1. The van der Waals surface area contributed by atoms with Gasteiger partial charge in [-0.3, -0.25) is 15.0 Å². The number of ether oxygens (including phenoxy) is 1. The van der Waals surface area contributed by atoms with E-state index < -0.39 is 11.5 Å². The van der Waals surface area contributed by atoms with Gasteiger partial charge in [0, 0.05) is 23.9 Å². The lowest BCUT2D eigenvalue weighted by Gasteiger charge is -2.09. The topological polar surface area (TPSA) is 103 Å². The van der Waals surface area contributed by atoms with Gasteiger partial charge in [-0.1, -0.05) is 41.9 Å². The van der Waals surface area contributed by atoms with Gasteiger partial charge in [-0.15, -0.1) is 10.2 Å². The highest BCUT2D eigenvalue weighted by atomic mass is 35.5. The fourth-order valence-electron chi connectivity index (χ4n) is 3.59. The number of aromatic nitrogens is 5. The van der Waals surface area contributed by atoms with E-state index in [0.29, 0.717) is 27.4 Å². The number of pyridine rings is 1. The van der Waals surface area contributed by atoms with Crippen LogP contribution in [0.15, 0.2) is 71.7 Å². The molecule has 3 heterocycles. The number of nitrogens with one attached hydrogen (secondary N) is 1. The fraction of sp³-hybridized carbons (Fsp3) is 0.0870. The number of rotatable bonds is 5. The summed E-state index contributed by atoms with van der Waals surface area (Å²) in [6, 6.07) is 17.5. The number of fused-ring (bicyclic) bond motifs is 3. The molecule has 5 aromatic rings. The van der Waals surface area contributed by atoms with Crippen LogP contribution < -0.4 is 11.0 Å². The summed E-state index contributed by atoms with van der Waals surface area (Å²) < 4.78 is 7.96. The van der Waals surface area contributed by atoms with Gasteiger partial charge in [-0.2, -0.15) is 5.10 Å². The van der Waals surface area contributed by atoms with Crippen LogP contribution in [-0.4, -0.2) is 37.5 Å². The molecule has 9 nitrogen and oxygen atoms in total. The van der Waals surface area contributed by atoms with Gasteiger partial charge in [0.1, 0.15) is 5.52 Å². The Bertz CT molecular complexity index is 1540. The molecule has 0 saturated heterocycles. The van der Waals surface area contributed by atoms with Gasteiger partial charge < -0.3 is 4.74 Å². The van der Waals surface area contributed by atoms with Crippen molar-refractivity contribution < 1.29 is 9.53 Å². The Morgan fingerprint density at radius 3 is 2.55 bits per heavy atom. The molecule has 164 valence electrons. The number of carbonyl (C=O) groups excluding carboxylic acids is 1. The summed E-state index contributed by atoms with van der Waals surface area (Å²) in [5.41, 5.74) is 5.69. The molecule has 2 aromatic carbocycles. The molecular formula is C23H17ClN6O3. The maximum absolute atomic E-state index is 13.0. The monoisotopic (exact) mass is 460 g/mol. The molecule has 0 radical (unpaired) electrons. The van der Waals surface area contributed by atoms with Gasteiger partial charge in [0.05, 0.1) is 17.9 Å². The van der Waals surface area contributed by atoms with E-state index in [1.807, 2.05) is 12.1 Å². The molecule has 10 heteroatoms. The Morgan fingerprint density at radius 2 is 1.82 bits per heavy atom. The Hall–Kier alpha value is -4.08. The predicted molar refractivity (Wildman–Crippen MR) is 124 cm³/mol. The molecule has 0 bridgehead atoms. The molecule has 0 atom stereocenters. The van der Waals surface area contributed by atoms with Gasteiger partial charge in [0.25, 0.3) is 11.5 Å². The Kier molecular flexibility index (Phi) is 5.33. The van der Waals surface area contributed by atoms with E-state index in [1.54, 1.807) is 60.2 Å². The largest absolute Gasteiger partial charge is 0.378 e. The average molecular weight is 461 g/mol. The van der Waals surface area contributed by atoms with Gasteiger partial charge in [-0.05, 0) is 35.9 Å². The van der Waals surface area contributed by atoms with Crippen LogP contribution in [0.5, 0.6) is 0 Å². The van der Waals surface area contributed by atoms with E-state index in [-0.39, 0.29) is 12.1 Å². The van der Waals surface area contributed by atoms with Crippen molar-refractivity contribution in [3.05, 3.63) is 93.5 Å². The number of benzene rings is 2. The maximum atomic E-state index is 13.0. The third-order valence-electron chi connectivity index (χ3n) is 5.12. The highest BCUT2D eigenvalue weighted by molar-refractivity contribution is 6.30. The van der Waals surface area contributed by atoms with E-state index in [4.69, 9.17) is 16.3 Å². The molecule has 33 heavy (non-hydrogen) atoms. The molecular weight excluding hydrogens is 444 g/mol. The van der Waals surface area contributed by atoms with Crippen molar-refractivity contribution in [2.45, 2.75) is 6.61 Å². The van der Waals surface area contributed by atoms with Crippen LogP contribution in [0.2, 0.25) is 5.02 Å². The standard InChI is InChI=1S/C23H17ClN6O3/c1-33-13-17-19(14-7-9-16(24)10-8-14)21-26-25-20-18(30(21)27-17)11-12-29(23(20)32)28-22(31)15-5-3-2-4-6-15/h2-12H,13H2,1H3,(H,28,31). The van der Waals surface area contributed by atoms with E-state index in [1.165, 1.54) is 6.20 Å². The molecule has 0 aliphatic rings. The summed E-state index contributed by atoms with van der Waals surface area (Å²) in [4.78, 5) is 25.5. The normalized spacial score (nSPS) is 11.2. The van der Waals surface area contributed by atoms with Crippen LogP contribution in [0.1, 0.15) is 16.1 Å². The number of hydrogen-bond donors (Lipinski definition) is 1. The smallest absolute Gasteiger partial charge is 0.299 e. The predicted octanol–water partition coefficient (Wildman–Crippen LogP) is 3.29. The molecule has 1 amide bonds. The minimum Gasteiger partial charge on any atom is -0.378 e. The van der Waals surface area contributed by atoms with Crippen molar-refractivity contribution in [1.82, 2.24) is 24.5 Å². The van der Waals surface area contributed by atoms with E-state index in [0.717, 1.165) is 15.8 Å². The molecule has 3 aromatic heterocycles. The van der Waals surface area contributed by atoms with Crippen LogP contribution in [0.3, 0.4) is 0 Å². The minimum absolute atomic E-state index is 0.0625. The highest BCUT2D eigenvalue weighted by Crippen LogP contribution is 2.30. The summed E-state index contributed by atoms with van der Waals surface area (Å²) >= 11 is 6.04. The van der Waals surface area contributed by atoms with Crippen LogP contribution >= 0.6 is 11.6 Å². The Morgan fingerprint density at radius 1 is 1.06 bits per heavy atom. The third kappa shape index (κ3) is 3.73. The number of methoxy groups -OCH3 is 1. The second-order valence-corrected chi connectivity index (χ2v) is 7.67. The first kappa shape index (κ1) is 20.8. The second kappa shape index (κ2) is 8.45. The number of halogens is 1. The molecule has 0 saturated carbocycles. The molecule has 5 rings (SSSR count). The average Bonchev–Trinajstić information content (AvgIpc) is 3.20. The summed E-state index contributed by atoms with van der Waals surface area (Å²) in [6.45, 7) is 0.243.